The summed E-state index contributed by atoms with van der Waals surface area (Å²) in [6.07, 6.45) is 1.84. The quantitative estimate of drug-likeness (QED) is 0.739. The van der Waals surface area contributed by atoms with Crippen molar-refractivity contribution < 1.29 is 0 Å². The van der Waals surface area contributed by atoms with Crippen LogP contribution in [0.3, 0.4) is 0 Å². The highest BCUT2D eigenvalue weighted by Crippen LogP contribution is 2.23. The van der Waals surface area contributed by atoms with Crippen molar-refractivity contribution in [3.63, 3.8) is 0 Å². The van der Waals surface area contributed by atoms with Gasteiger partial charge in [0, 0.05) is 44.3 Å². The average molecular weight is 329 g/mol. The second kappa shape index (κ2) is 6.88. The third-order valence-electron chi connectivity index (χ3n) is 4.63. The normalized spacial score (nSPS) is 15.2. The number of rotatable bonds is 3. The van der Waals surface area contributed by atoms with Crippen LogP contribution < -0.4 is 4.90 Å². The van der Waals surface area contributed by atoms with Gasteiger partial charge in [-0.1, -0.05) is 24.3 Å². The predicted molar refractivity (Wildman–Crippen MR) is 98.2 cm³/mol. The van der Waals surface area contributed by atoms with Gasteiger partial charge in [0.25, 0.3) is 0 Å². The molecule has 1 saturated heterocycles. The smallest absolute Gasteiger partial charge is 0.130 e. The van der Waals surface area contributed by atoms with Crippen LogP contribution in [0.4, 0.5) is 5.82 Å². The molecule has 0 N–H and O–H groups in total. The lowest BCUT2D eigenvalue weighted by atomic mass is 10.1. The fourth-order valence-corrected chi connectivity index (χ4v) is 3.27. The van der Waals surface area contributed by atoms with Gasteiger partial charge in [0.1, 0.15) is 5.82 Å². The van der Waals surface area contributed by atoms with Gasteiger partial charge in [-0.25, -0.2) is 4.98 Å². The maximum atomic E-state index is 9.45. The highest BCUT2D eigenvalue weighted by Gasteiger charge is 2.19. The molecule has 1 aliphatic heterocycles. The van der Waals surface area contributed by atoms with Gasteiger partial charge in [-0.3, -0.25) is 9.88 Å². The first-order valence-electron chi connectivity index (χ1n) is 8.50. The van der Waals surface area contributed by atoms with Gasteiger partial charge in [0.05, 0.1) is 22.8 Å². The van der Waals surface area contributed by atoms with Crippen LogP contribution in [0.1, 0.15) is 11.3 Å². The zero-order chi connectivity index (χ0) is 17.1. The molecule has 1 fully saturated rings. The van der Waals surface area contributed by atoms with E-state index < -0.39 is 0 Å². The molecule has 1 aliphatic rings. The first-order valence-corrected chi connectivity index (χ1v) is 8.50. The summed E-state index contributed by atoms with van der Waals surface area (Å²) in [6, 6.07) is 18.1. The van der Waals surface area contributed by atoms with Crippen molar-refractivity contribution in [1.29, 1.82) is 5.26 Å². The number of benzene rings is 1. The number of nitriles is 1. The molecule has 3 heterocycles. The highest BCUT2D eigenvalue weighted by molar-refractivity contribution is 5.86. The van der Waals surface area contributed by atoms with E-state index in [1.54, 1.807) is 0 Å². The van der Waals surface area contributed by atoms with Crippen LogP contribution in [-0.2, 0) is 6.54 Å². The van der Waals surface area contributed by atoms with Crippen LogP contribution in [0.2, 0.25) is 0 Å². The fourth-order valence-electron chi connectivity index (χ4n) is 3.27. The van der Waals surface area contributed by atoms with Gasteiger partial charge in [0.15, 0.2) is 0 Å². The van der Waals surface area contributed by atoms with Gasteiger partial charge >= 0.3 is 0 Å². The molecule has 5 nitrogen and oxygen atoms in total. The Morgan fingerprint density at radius 2 is 1.80 bits per heavy atom. The summed E-state index contributed by atoms with van der Waals surface area (Å²) in [7, 11) is 0. The van der Waals surface area contributed by atoms with Crippen LogP contribution in [0.5, 0.6) is 0 Å². The van der Waals surface area contributed by atoms with E-state index in [1.165, 1.54) is 0 Å². The molecule has 2 aromatic heterocycles. The van der Waals surface area contributed by atoms with E-state index >= 15 is 0 Å². The third kappa shape index (κ3) is 3.30. The second-order valence-electron chi connectivity index (χ2n) is 6.24. The molecular formula is C20H19N5. The van der Waals surface area contributed by atoms with Crippen molar-refractivity contribution in [2.24, 2.45) is 0 Å². The van der Waals surface area contributed by atoms with Crippen LogP contribution in [-0.4, -0.2) is 41.0 Å². The van der Waals surface area contributed by atoms with Crippen molar-refractivity contribution in [1.82, 2.24) is 14.9 Å². The Morgan fingerprint density at radius 1 is 1.00 bits per heavy atom. The number of para-hydroxylation sites is 1. The Balaban J connectivity index is 1.49. The zero-order valence-corrected chi connectivity index (χ0v) is 14.0. The Hall–Kier alpha value is -2.97. The molecule has 0 spiro atoms. The molecule has 124 valence electrons. The Kier molecular flexibility index (Phi) is 4.28. The number of piperazine rings is 1. The molecule has 1 aromatic carbocycles. The van der Waals surface area contributed by atoms with Crippen molar-refractivity contribution in [2.75, 3.05) is 31.1 Å². The number of hydrogen-bond acceptors (Lipinski definition) is 5. The number of aromatic nitrogens is 2. The van der Waals surface area contributed by atoms with Crippen LogP contribution in [0, 0.1) is 11.3 Å². The molecule has 0 saturated carbocycles. The lowest BCUT2D eigenvalue weighted by Crippen LogP contribution is -2.46. The zero-order valence-electron chi connectivity index (χ0n) is 14.0. The molecule has 0 radical (unpaired) electrons. The van der Waals surface area contributed by atoms with E-state index in [4.69, 9.17) is 4.98 Å². The van der Waals surface area contributed by atoms with E-state index in [0.29, 0.717) is 5.56 Å². The monoisotopic (exact) mass is 329 g/mol. The van der Waals surface area contributed by atoms with Gasteiger partial charge in [-0.15, -0.1) is 0 Å². The van der Waals surface area contributed by atoms with Crippen molar-refractivity contribution >= 4 is 16.7 Å². The van der Waals surface area contributed by atoms with Crippen molar-refractivity contribution in [3.8, 4) is 6.07 Å². The number of nitrogens with zero attached hydrogens (tertiary/aromatic N) is 5. The Bertz CT molecular complexity index is 908. The fraction of sp³-hybridized carbons (Fsp3) is 0.250. The first kappa shape index (κ1) is 15.6. The van der Waals surface area contributed by atoms with E-state index in [9.17, 15) is 5.26 Å². The number of anilines is 1. The third-order valence-corrected chi connectivity index (χ3v) is 4.63. The summed E-state index contributed by atoms with van der Waals surface area (Å²) in [5.74, 6) is 0.896. The molecule has 5 heteroatoms. The average Bonchev–Trinajstić information content (AvgIpc) is 2.68. The largest absolute Gasteiger partial charge is 0.354 e. The SMILES string of the molecule is N#Cc1cc(N2CCN(Cc3ccccn3)CC2)nc2ccccc12. The summed E-state index contributed by atoms with van der Waals surface area (Å²) in [6.45, 7) is 4.62. The summed E-state index contributed by atoms with van der Waals surface area (Å²) >= 11 is 0. The molecule has 4 rings (SSSR count). The Labute approximate surface area is 147 Å². The lowest BCUT2D eigenvalue weighted by molar-refractivity contribution is 0.246. The maximum Gasteiger partial charge on any atom is 0.130 e. The van der Waals surface area contributed by atoms with Crippen LogP contribution in [0.15, 0.2) is 54.7 Å². The van der Waals surface area contributed by atoms with Gasteiger partial charge < -0.3 is 4.90 Å². The van der Waals surface area contributed by atoms with E-state index in [2.05, 4.69) is 26.9 Å². The van der Waals surface area contributed by atoms with Crippen LogP contribution >= 0.6 is 0 Å². The number of pyridine rings is 2. The summed E-state index contributed by atoms with van der Waals surface area (Å²) < 4.78 is 0. The molecular weight excluding hydrogens is 310 g/mol. The van der Waals surface area contributed by atoms with Gasteiger partial charge in [-0.05, 0) is 24.3 Å². The molecule has 0 bridgehead atoms. The Morgan fingerprint density at radius 3 is 2.56 bits per heavy atom. The minimum atomic E-state index is 0.691. The molecule has 0 atom stereocenters. The standard InChI is InChI=1S/C20H19N5/c21-14-16-13-20(23-19-7-2-1-6-18(16)19)25-11-9-24(10-12-25)15-17-5-3-4-8-22-17/h1-8,13H,9-12,15H2. The van der Waals surface area contributed by atoms with E-state index in [-0.39, 0.29) is 0 Å². The van der Waals surface area contributed by atoms with Gasteiger partial charge in [0.2, 0.25) is 0 Å². The van der Waals surface area contributed by atoms with E-state index in [1.807, 2.05) is 48.7 Å². The summed E-state index contributed by atoms with van der Waals surface area (Å²) in [5.41, 5.74) is 2.68. The molecule has 0 unspecified atom stereocenters. The number of fused-ring (bicyclic) bond motifs is 1. The minimum absolute atomic E-state index is 0.691. The second-order valence-corrected chi connectivity index (χ2v) is 6.24. The van der Waals surface area contributed by atoms with E-state index in [0.717, 1.165) is 55.1 Å². The lowest BCUT2D eigenvalue weighted by Gasteiger charge is -2.35. The maximum absolute atomic E-state index is 9.45. The van der Waals surface area contributed by atoms with Crippen molar-refractivity contribution in [2.45, 2.75) is 6.54 Å². The summed E-state index contributed by atoms with van der Waals surface area (Å²) in [5, 5.41) is 10.4. The van der Waals surface area contributed by atoms with Crippen LogP contribution in [0.25, 0.3) is 10.9 Å². The van der Waals surface area contributed by atoms with Gasteiger partial charge in [-0.2, -0.15) is 5.26 Å². The number of hydrogen-bond donors (Lipinski definition) is 0. The molecule has 3 aromatic rings. The first-order chi connectivity index (χ1) is 12.3. The minimum Gasteiger partial charge on any atom is -0.354 e. The summed E-state index contributed by atoms with van der Waals surface area (Å²) in [4.78, 5) is 13.8. The van der Waals surface area contributed by atoms with Crippen molar-refractivity contribution in [3.05, 3.63) is 66.0 Å². The molecule has 0 aliphatic carbocycles. The molecule has 0 amide bonds. The topological polar surface area (TPSA) is 56.1 Å². The molecule has 25 heavy (non-hydrogen) atoms. The predicted octanol–water partition coefficient (Wildman–Crippen LogP) is 2.82. The highest BCUT2D eigenvalue weighted by atomic mass is 15.3.